The molecule has 1 saturated heterocycles. The fourth-order valence-corrected chi connectivity index (χ4v) is 1.76. The number of carbonyl (C=O) groups excluding carboxylic acids is 1. The van der Waals surface area contributed by atoms with Crippen LogP contribution in [-0.4, -0.2) is 22.1 Å². The maximum atomic E-state index is 11.3. The second kappa shape index (κ2) is 3.53. The first-order chi connectivity index (χ1) is 6.66. The van der Waals surface area contributed by atoms with Crippen LogP contribution >= 0.6 is 0 Å². The highest BCUT2D eigenvalue weighted by atomic mass is 16.1. The SMILES string of the molecule is Cc1cc(C2CC(=O)CCN2)nn1C. The van der Waals surface area contributed by atoms with Crippen molar-refractivity contribution in [1.29, 1.82) is 0 Å². The smallest absolute Gasteiger partial charge is 0.136 e. The third kappa shape index (κ3) is 1.70. The average Bonchev–Trinajstić information content (AvgIpc) is 2.47. The lowest BCUT2D eigenvalue weighted by Gasteiger charge is -2.20. The van der Waals surface area contributed by atoms with Gasteiger partial charge in [0.05, 0.1) is 11.7 Å². The number of hydrogen-bond acceptors (Lipinski definition) is 3. The third-order valence-corrected chi connectivity index (χ3v) is 2.72. The Bertz CT molecular complexity index is 337. The van der Waals surface area contributed by atoms with Crippen LogP contribution in [0.1, 0.15) is 30.3 Å². The maximum absolute atomic E-state index is 11.3. The zero-order chi connectivity index (χ0) is 10.1. The molecule has 4 heteroatoms. The summed E-state index contributed by atoms with van der Waals surface area (Å²) >= 11 is 0. The van der Waals surface area contributed by atoms with Crippen molar-refractivity contribution < 1.29 is 4.79 Å². The molecule has 0 spiro atoms. The Labute approximate surface area is 83.3 Å². The van der Waals surface area contributed by atoms with Crippen LogP contribution in [0.5, 0.6) is 0 Å². The molecule has 1 N–H and O–H groups in total. The summed E-state index contributed by atoms with van der Waals surface area (Å²) < 4.78 is 1.84. The van der Waals surface area contributed by atoms with Gasteiger partial charge in [0.1, 0.15) is 5.78 Å². The molecule has 1 aromatic heterocycles. The lowest BCUT2D eigenvalue weighted by atomic mass is 10.0. The van der Waals surface area contributed by atoms with Gasteiger partial charge in [-0.2, -0.15) is 5.10 Å². The summed E-state index contributed by atoms with van der Waals surface area (Å²) in [5, 5.41) is 7.68. The van der Waals surface area contributed by atoms with E-state index in [1.165, 1.54) is 0 Å². The van der Waals surface area contributed by atoms with Gasteiger partial charge < -0.3 is 5.32 Å². The van der Waals surface area contributed by atoms with E-state index in [1.54, 1.807) is 0 Å². The van der Waals surface area contributed by atoms with Crippen molar-refractivity contribution in [1.82, 2.24) is 15.1 Å². The molecule has 4 nitrogen and oxygen atoms in total. The van der Waals surface area contributed by atoms with E-state index in [0.29, 0.717) is 18.6 Å². The lowest BCUT2D eigenvalue weighted by molar-refractivity contribution is -0.120. The van der Waals surface area contributed by atoms with Crippen molar-refractivity contribution in [3.63, 3.8) is 0 Å². The highest BCUT2D eigenvalue weighted by molar-refractivity contribution is 5.80. The van der Waals surface area contributed by atoms with Gasteiger partial charge in [0.15, 0.2) is 0 Å². The summed E-state index contributed by atoms with van der Waals surface area (Å²) in [7, 11) is 1.92. The van der Waals surface area contributed by atoms with Crippen molar-refractivity contribution in [3.05, 3.63) is 17.5 Å². The molecule has 0 bridgehead atoms. The summed E-state index contributed by atoms with van der Waals surface area (Å²) in [4.78, 5) is 11.3. The number of nitrogens with zero attached hydrogens (tertiary/aromatic N) is 2. The van der Waals surface area contributed by atoms with Crippen molar-refractivity contribution >= 4 is 5.78 Å². The molecule has 0 aliphatic carbocycles. The van der Waals surface area contributed by atoms with Crippen LogP contribution in [0.4, 0.5) is 0 Å². The number of ketones is 1. The quantitative estimate of drug-likeness (QED) is 0.715. The van der Waals surface area contributed by atoms with Crippen LogP contribution in [0.3, 0.4) is 0 Å². The normalized spacial score (nSPS) is 22.7. The minimum absolute atomic E-state index is 0.121. The Hall–Kier alpha value is -1.16. The van der Waals surface area contributed by atoms with Gasteiger partial charge in [-0.3, -0.25) is 9.48 Å². The molecule has 1 aliphatic rings. The van der Waals surface area contributed by atoms with Gasteiger partial charge in [-0.05, 0) is 13.0 Å². The van der Waals surface area contributed by atoms with E-state index in [2.05, 4.69) is 10.4 Å². The Kier molecular flexibility index (Phi) is 2.37. The minimum Gasteiger partial charge on any atom is -0.308 e. The monoisotopic (exact) mass is 193 g/mol. The fourth-order valence-electron chi connectivity index (χ4n) is 1.76. The molecule has 1 aromatic rings. The summed E-state index contributed by atoms with van der Waals surface area (Å²) in [5.74, 6) is 0.331. The molecule has 2 rings (SSSR count). The molecule has 14 heavy (non-hydrogen) atoms. The van der Waals surface area contributed by atoms with Gasteiger partial charge in [-0.15, -0.1) is 0 Å². The van der Waals surface area contributed by atoms with Crippen molar-refractivity contribution in [3.8, 4) is 0 Å². The van der Waals surface area contributed by atoms with E-state index in [4.69, 9.17) is 0 Å². The number of Topliss-reactive ketones (excluding diaryl/α,β-unsaturated/α-hetero) is 1. The molecule has 76 valence electrons. The fraction of sp³-hybridized carbons (Fsp3) is 0.600. The number of hydrogen-bond donors (Lipinski definition) is 1. The van der Waals surface area contributed by atoms with Gasteiger partial charge in [0, 0.05) is 32.1 Å². The first kappa shape index (κ1) is 9.40. The summed E-state index contributed by atoms with van der Waals surface area (Å²) in [6.45, 7) is 2.79. The van der Waals surface area contributed by atoms with Crippen molar-refractivity contribution in [2.45, 2.75) is 25.8 Å². The molecular weight excluding hydrogens is 178 g/mol. The van der Waals surface area contributed by atoms with Crippen LogP contribution in [0, 0.1) is 6.92 Å². The molecule has 2 heterocycles. The molecule has 1 unspecified atom stereocenters. The van der Waals surface area contributed by atoms with Gasteiger partial charge >= 0.3 is 0 Å². The molecule has 1 atom stereocenters. The van der Waals surface area contributed by atoms with E-state index >= 15 is 0 Å². The maximum Gasteiger partial charge on any atom is 0.136 e. The standard InChI is InChI=1S/C10H15N3O/c1-7-5-10(12-13(7)2)9-6-8(14)3-4-11-9/h5,9,11H,3-4,6H2,1-2H3. The molecule has 0 radical (unpaired) electrons. The molecule has 0 aromatic carbocycles. The predicted molar refractivity (Wildman–Crippen MR) is 52.9 cm³/mol. The van der Waals surface area contributed by atoms with Gasteiger partial charge in [-0.1, -0.05) is 0 Å². The molecule has 0 amide bonds. The van der Waals surface area contributed by atoms with E-state index < -0.39 is 0 Å². The van der Waals surface area contributed by atoms with Gasteiger partial charge in [-0.25, -0.2) is 0 Å². The second-order valence-electron chi connectivity index (χ2n) is 3.83. The third-order valence-electron chi connectivity index (χ3n) is 2.72. The van der Waals surface area contributed by atoms with Crippen LogP contribution < -0.4 is 5.32 Å². The van der Waals surface area contributed by atoms with Gasteiger partial charge in [0.2, 0.25) is 0 Å². The Morgan fingerprint density at radius 1 is 1.64 bits per heavy atom. The molecule has 0 saturated carbocycles. The number of rotatable bonds is 1. The van der Waals surface area contributed by atoms with Gasteiger partial charge in [0.25, 0.3) is 0 Å². The highest BCUT2D eigenvalue weighted by Gasteiger charge is 2.22. The van der Waals surface area contributed by atoms with E-state index in [1.807, 2.05) is 24.7 Å². The van der Waals surface area contributed by atoms with Crippen LogP contribution in [-0.2, 0) is 11.8 Å². The zero-order valence-electron chi connectivity index (χ0n) is 8.58. The first-order valence-electron chi connectivity index (χ1n) is 4.92. The second-order valence-corrected chi connectivity index (χ2v) is 3.83. The Morgan fingerprint density at radius 3 is 3.00 bits per heavy atom. The summed E-state index contributed by atoms with van der Waals surface area (Å²) in [6, 6.07) is 2.16. The number of carbonyl (C=O) groups is 1. The first-order valence-corrected chi connectivity index (χ1v) is 4.92. The zero-order valence-corrected chi connectivity index (χ0v) is 8.58. The van der Waals surface area contributed by atoms with E-state index in [0.717, 1.165) is 17.9 Å². The van der Waals surface area contributed by atoms with E-state index in [9.17, 15) is 4.79 Å². The Morgan fingerprint density at radius 2 is 2.43 bits per heavy atom. The molecule has 1 aliphatic heterocycles. The van der Waals surface area contributed by atoms with E-state index in [-0.39, 0.29) is 6.04 Å². The van der Waals surface area contributed by atoms with Crippen molar-refractivity contribution in [2.75, 3.05) is 6.54 Å². The molecule has 1 fully saturated rings. The minimum atomic E-state index is 0.121. The largest absolute Gasteiger partial charge is 0.308 e. The highest BCUT2D eigenvalue weighted by Crippen LogP contribution is 2.20. The number of aromatic nitrogens is 2. The number of piperidine rings is 1. The van der Waals surface area contributed by atoms with Crippen LogP contribution in [0.2, 0.25) is 0 Å². The average molecular weight is 193 g/mol. The Balaban J connectivity index is 2.17. The van der Waals surface area contributed by atoms with Crippen molar-refractivity contribution in [2.24, 2.45) is 7.05 Å². The number of nitrogens with one attached hydrogen (secondary N) is 1. The summed E-state index contributed by atoms with van der Waals surface area (Å²) in [6.07, 6.45) is 1.23. The summed E-state index contributed by atoms with van der Waals surface area (Å²) in [5.41, 5.74) is 2.11. The lowest BCUT2D eigenvalue weighted by Crippen LogP contribution is -2.32. The van der Waals surface area contributed by atoms with Crippen LogP contribution in [0.25, 0.3) is 0 Å². The number of aryl methyl sites for hydroxylation is 2. The topological polar surface area (TPSA) is 46.9 Å². The van der Waals surface area contributed by atoms with Crippen LogP contribution in [0.15, 0.2) is 6.07 Å². The molecular formula is C10H15N3O. The predicted octanol–water partition coefficient (Wildman–Crippen LogP) is 0.722.